The van der Waals surface area contributed by atoms with Gasteiger partial charge < -0.3 is 19.5 Å². The summed E-state index contributed by atoms with van der Waals surface area (Å²) in [6, 6.07) is 14.7. The molecular weight excluding hydrogens is 474 g/mol. The first-order valence-corrected chi connectivity index (χ1v) is 11.4. The van der Waals surface area contributed by atoms with E-state index >= 15 is 0 Å². The average molecular weight is 502 g/mol. The van der Waals surface area contributed by atoms with Gasteiger partial charge in [0.25, 0.3) is 0 Å². The summed E-state index contributed by atoms with van der Waals surface area (Å²) in [7, 11) is 0. The molecule has 34 heavy (non-hydrogen) atoms. The first-order chi connectivity index (χ1) is 15.8. The summed E-state index contributed by atoms with van der Waals surface area (Å²) in [6.45, 7) is -0.501. The highest BCUT2D eigenvalue weighted by molar-refractivity contribution is 5.85. The molecule has 0 aromatic heterocycles. The Labute approximate surface area is 202 Å². The van der Waals surface area contributed by atoms with Crippen molar-refractivity contribution in [3.05, 3.63) is 59.7 Å². The molecule has 5 rings (SSSR count). The van der Waals surface area contributed by atoms with Gasteiger partial charge >= 0.3 is 6.36 Å². The second-order valence-electron chi connectivity index (χ2n) is 9.18. The molecule has 3 fully saturated rings. The van der Waals surface area contributed by atoms with E-state index in [-0.39, 0.29) is 36.2 Å². The third kappa shape index (κ3) is 4.48. The van der Waals surface area contributed by atoms with Gasteiger partial charge in [0.2, 0.25) is 0 Å². The van der Waals surface area contributed by atoms with Crippen LogP contribution in [0.15, 0.2) is 48.5 Å². The Hall–Kier alpha value is -2.03. The van der Waals surface area contributed by atoms with E-state index in [1.54, 1.807) is 0 Å². The predicted octanol–water partition coefficient (Wildman–Crippen LogP) is 6.04. The maximum Gasteiger partial charge on any atom is 0.573 e. The lowest BCUT2D eigenvalue weighted by atomic mass is 9.67. The summed E-state index contributed by atoms with van der Waals surface area (Å²) < 4.78 is 67.6. The fourth-order valence-corrected chi connectivity index (χ4v) is 6.06. The molecule has 1 spiro atoms. The number of ether oxygens (including phenoxy) is 3. The third-order valence-corrected chi connectivity index (χ3v) is 7.39. The molecule has 4 nitrogen and oxygen atoms in total. The molecule has 2 aromatic carbocycles. The van der Waals surface area contributed by atoms with Crippen molar-refractivity contribution in [3.63, 3.8) is 0 Å². The van der Waals surface area contributed by atoms with Crippen LogP contribution in [0.2, 0.25) is 0 Å². The quantitative estimate of drug-likeness (QED) is 0.490. The summed E-state index contributed by atoms with van der Waals surface area (Å²) >= 11 is 0. The molecular formula is C25H28ClF4NO3. The molecule has 0 amide bonds. The normalized spacial score (nSPS) is 30.2. The van der Waals surface area contributed by atoms with Crippen molar-refractivity contribution in [1.29, 1.82) is 0 Å². The van der Waals surface area contributed by atoms with Gasteiger partial charge in [-0.3, -0.25) is 0 Å². The number of piperidine rings is 1. The Kier molecular flexibility index (Phi) is 7.04. The van der Waals surface area contributed by atoms with Gasteiger partial charge in [0.15, 0.2) is 0 Å². The number of rotatable bonds is 6. The molecule has 2 bridgehead atoms. The van der Waals surface area contributed by atoms with Gasteiger partial charge in [-0.15, -0.1) is 25.6 Å². The molecule has 2 aromatic rings. The zero-order chi connectivity index (χ0) is 23.1. The van der Waals surface area contributed by atoms with Gasteiger partial charge in [-0.1, -0.05) is 30.3 Å². The monoisotopic (exact) mass is 501 g/mol. The van der Waals surface area contributed by atoms with Gasteiger partial charge in [0.05, 0.1) is 17.7 Å². The molecule has 3 aliphatic rings. The molecule has 1 N–H and O–H groups in total. The Morgan fingerprint density at radius 3 is 2.56 bits per heavy atom. The van der Waals surface area contributed by atoms with Crippen LogP contribution in [-0.2, 0) is 10.3 Å². The first-order valence-electron chi connectivity index (χ1n) is 11.4. The zero-order valence-corrected chi connectivity index (χ0v) is 19.4. The van der Waals surface area contributed by atoms with Crippen molar-refractivity contribution in [1.82, 2.24) is 5.32 Å². The fourth-order valence-electron chi connectivity index (χ4n) is 6.06. The summed E-state index contributed by atoms with van der Waals surface area (Å²) in [6.07, 6.45) is -0.306. The predicted molar refractivity (Wildman–Crippen MR) is 121 cm³/mol. The van der Waals surface area contributed by atoms with Crippen molar-refractivity contribution >= 4 is 12.4 Å². The number of hydrogen-bond donors (Lipinski definition) is 1. The van der Waals surface area contributed by atoms with Crippen molar-refractivity contribution in [3.8, 4) is 11.5 Å². The molecule has 0 aliphatic carbocycles. The second kappa shape index (κ2) is 9.55. The van der Waals surface area contributed by atoms with E-state index < -0.39 is 18.6 Å². The average Bonchev–Trinajstić information content (AvgIpc) is 3.39. The van der Waals surface area contributed by atoms with Gasteiger partial charge in [-0.25, -0.2) is 4.39 Å². The lowest BCUT2D eigenvalue weighted by Gasteiger charge is -2.50. The lowest BCUT2D eigenvalue weighted by Crippen LogP contribution is -2.61. The number of hydrogen-bond acceptors (Lipinski definition) is 4. The smallest absolute Gasteiger partial charge is 0.491 e. The summed E-state index contributed by atoms with van der Waals surface area (Å²) in [4.78, 5) is 0. The zero-order valence-electron chi connectivity index (χ0n) is 18.6. The lowest BCUT2D eigenvalue weighted by molar-refractivity contribution is -0.274. The number of alkyl halides is 4. The topological polar surface area (TPSA) is 39.7 Å². The van der Waals surface area contributed by atoms with Crippen LogP contribution in [0.4, 0.5) is 17.6 Å². The SMILES string of the molecule is Cl.FCCOc1ccc(OC(F)(F)F)cc1C1COC2(CCC3CCC2(c2ccccc2)N3)C1. The highest BCUT2D eigenvalue weighted by Crippen LogP contribution is 2.58. The molecule has 3 saturated heterocycles. The number of benzene rings is 2. The van der Waals surface area contributed by atoms with Crippen molar-refractivity contribution in [2.45, 2.75) is 61.6 Å². The van der Waals surface area contributed by atoms with Gasteiger partial charge in [-0.2, -0.15) is 0 Å². The fraction of sp³-hybridized carbons (Fsp3) is 0.520. The Bertz CT molecular complexity index is 992. The van der Waals surface area contributed by atoms with Crippen LogP contribution in [0.1, 0.15) is 49.1 Å². The van der Waals surface area contributed by atoms with E-state index in [1.807, 2.05) is 18.2 Å². The summed E-state index contributed by atoms with van der Waals surface area (Å²) in [5, 5.41) is 3.84. The Balaban J connectivity index is 0.00000274. The van der Waals surface area contributed by atoms with Gasteiger partial charge in [0.1, 0.15) is 24.8 Å². The molecule has 3 aliphatic heterocycles. The minimum absolute atomic E-state index is 0. The minimum atomic E-state index is -4.80. The number of nitrogens with one attached hydrogen (secondary N) is 1. The second-order valence-corrected chi connectivity index (χ2v) is 9.18. The first kappa shape index (κ1) is 25.1. The highest BCUT2D eigenvalue weighted by Gasteiger charge is 2.62. The standard InChI is InChI=1S/C25H27F4NO3.ClH/c26-12-13-31-22-7-6-20(33-25(27,28)29)14-21(22)17-15-23(32-16-17)10-8-19-9-11-24(23,30-19)18-4-2-1-3-5-18;/h1-7,14,17,19,30H,8-13,15-16H2;1H. The minimum Gasteiger partial charge on any atom is -0.491 e. The van der Waals surface area contributed by atoms with E-state index in [0.29, 0.717) is 30.4 Å². The van der Waals surface area contributed by atoms with Crippen molar-refractivity contribution in [2.24, 2.45) is 0 Å². The maximum absolute atomic E-state index is 12.8. The number of halogens is 5. The van der Waals surface area contributed by atoms with Gasteiger partial charge in [0, 0.05) is 17.5 Å². The molecule has 4 atom stereocenters. The summed E-state index contributed by atoms with van der Waals surface area (Å²) in [5.74, 6) is -0.142. The molecule has 0 saturated carbocycles. The summed E-state index contributed by atoms with van der Waals surface area (Å²) in [5.41, 5.74) is 0.914. The maximum atomic E-state index is 12.8. The van der Waals surface area contributed by atoms with Gasteiger partial charge in [-0.05, 0) is 55.9 Å². The highest BCUT2D eigenvalue weighted by atomic mass is 35.5. The molecule has 0 radical (unpaired) electrons. The third-order valence-electron chi connectivity index (χ3n) is 7.39. The van der Waals surface area contributed by atoms with Crippen LogP contribution < -0.4 is 14.8 Å². The Morgan fingerprint density at radius 2 is 1.82 bits per heavy atom. The van der Waals surface area contributed by atoms with Crippen LogP contribution in [0.5, 0.6) is 11.5 Å². The van der Waals surface area contributed by atoms with E-state index in [9.17, 15) is 17.6 Å². The van der Waals surface area contributed by atoms with E-state index in [4.69, 9.17) is 9.47 Å². The van der Waals surface area contributed by atoms with Crippen LogP contribution >= 0.6 is 12.4 Å². The van der Waals surface area contributed by atoms with E-state index in [2.05, 4.69) is 22.2 Å². The molecule has 186 valence electrons. The largest absolute Gasteiger partial charge is 0.573 e. The van der Waals surface area contributed by atoms with Crippen molar-refractivity contribution in [2.75, 3.05) is 19.9 Å². The van der Waals surface area contributed by atoms with E-state index in [1.165, 1.54) is 23.8 Å². The molecule has 9 heteroatoms. The van der Waals surface area contributed by atoms with Crippen LogP contribution in [0.3, 0.4) is 0 Å². The molecule has 4 unspecified atom stereocenters. The van der Waals surface area contributed by atoms with E-state index in [0.717, 1.165) is 25.7 Å². The van der Waals surface area contributed by atoms with Crippen LogP contribution in [0, 0.1) is 0 Å². The molecule has 3 heterocycles. The van der Waals surface area contributed by atoms with Crippen molar-refractivity contribution < 1.29 is 31.8 Å². The van der Waals surface area contributed by atoms with Crippen LogP contribution in [0.25, 0.3) is 0 Å². The number of fused-ring (bicyclic) bond motifs is 3. The van der Waals surface area contributed by atoms with Crippen LogP contribution in [-0.4, -0.2) is 37.9 Å². The Morgan fingerprint density at radius 1 is 1.06 bits per heavy atom.